The molecule has 1 aliphatic rings. The van der Waals surface area contributed by atoms with Gasteiger partial charge in [-0.25, -0.2) is 8.42 Å². The van der Waals surface area contributed by atoms with Gasteiger partial charge >= 0.3 is 0 Å². The van der Waals surface area contributed by atoms with E-state index in [1.54, 1.807) is 0 Å². The van der Waals surface area contributed by atoms with Gasteiger partial charge in [0.25, 0.3) is 0 Å². The van der Waals surface area contributed by atoms with Gasteiger partial charge in [-0.1, -0.05) is 0 Å². The lowest BCUT2D eigenvalue weighted by atomic mass is 10.0. The summed E-state index contributed by atoms with van der Waals surface area (Å²) in [6, 6.07) is 3.73. The van der Waals surface area contributed by atoms with Gasteiger partial charge in [0.1, 0.15) is 16.4 Å². The number of ether oxygens (including phenoxy) is 2. The summed E-state index contributed by atoms with van der Waals surface area (Å²) in [7, 11) is -0.324. The topological polar surface area (TPSA) is 64.6 Å². The second-order valence-electron chi connectivity index (χ2n) is 5.09. The lowest BCUT2D eigenvalue weighted by Gasteiger charge is -2.17. The normalized spacial score (nSPS) is 19.1. The van der Waals surface area contributed by atoms with Crippen LogP contribution in [0.2, 0.25) is 0 Å². The van der Waals surface area contributed by atoms with Gasteiger partial charge in [-0.3, -0.25) is 0 Å². The van der Waals surface area contributed by atoms with Crippen LogP contribution in [0.25, 0.3) is 0 Å². The number of methoxy groups -OCH3 is 2. The molecule has 1 saturated heterocycles. The van der Waals surface area contributed by atoms with Crippen molar-refractivity contribution in [1.29, 1.82) is 0 Å². The lowest BCUT2D eigenvalue weighted by Crippen LogP contribution is -2.24. The fraction of sp³-hybridized carbons (Fsp3) is 0.571. The molecule has 6 heteroatoms. The maximum atomic E-state index is 11.9. The number of benzene rings is 1. The number of nitrogens with one attached hydrogen (secondary N) is 1. The molecule has 1 atom stereocenters. The Hall–Kier alpha value is -1.27. The molecule has 1 aromatic rings. The first kappa shape index (κ1) is 15.1. The maximum absolute atomic E-state index is 11.9. The molecule has 20 heavy (non-hydrogen) atoms. The van der Waals surface area contributed by atoms with Gasteiger partial charge in [0.05, 0.1) is 14.2 Å². The third kappa shape index (κ3) is 3.24. The average Bonchev–Trinajstić information content (AvgIpc) is 2.89. The molecular formula is C14H21NO4S. The third-order valence-electron chi connectivity index (χ3n) is 3.57. The van der Waals surface area contributed by atoms with E-state index in [0.717, 1.165) is 31.4 Å². The van der Waals surface area contributed by atoms with E-state index in [9.17, 15) is 8.42 Å². The quantitative estimate of drug-likeness (QED) is 0.890. The lowest BCUT2D eigenvalue weighted by molar-refractivity contribution is 0.385. The minimum absolute atomic E-state index is 0.187. The van der Waals surface area contributed by atoms with Crippen LogP contribution in [0.1, 0.15) is 18.4 Å². The van der Waals surface area contributed by atoms with Gasteiger partial charge in [-0.05, 0) is 31.9 Å². The maximum Gasteiger partial charge on any atom is 0.179 e. The molecule has 1 N–H and O–H groups in total. The van der Waals surface area contributed by atoms with Crippen LogP contribution in [0, 0.1) is 0 Å². The molecular weight excluding hydrogens is 278 g/mol. The summed E-state index contributed by atoms with van der Waals surface area (Å²) in [5, 5.41) is 3.41. The molecule has 5 nitrogen and oxygen atoms in total. The minimum atomic E-state index is -3.36. The van der Waals surface area contributed by atoms with Gasteiger partial charge in [0.2, 0.25) is 0 Å². The number of hydrogen-bond acceptors (Lipinski definition) is 5. The second-order valence-corrected chi connectivity index (χ2v) is 7.07. The van der Waals surface area contributed by atoms with Crippen LogP contribution >= 0.6 is 0 Å². The highest BCUT2D eigenvalue weighted by atomic mass is 32.2. The summed E-state index contributed by atoms with van der Waals surface area (Å²) in [5.41, 5.74) is 0.867. The Balaban J connectivity index is 2.47. The zero-order valence-electron chi connectivity index (χ0n) is 12.1. The summed E-state index contributed by atoms with van der Waals surface area (Å²) in [5.74, 6) is 0.973. The van der Waals surface area contributed by atoms with E-state index < -0.39 is 9.84 Å². The van der Waals surface area contributed by atoms with Crippen molar-refractivity contribution in [2.75, 3.05) is 27.0 Å². The molecule has 1 heterocycles. The van der Waals surface area contributed by atoms with Crippen molar-refractivity contribution in [3.63, 3.8) is 0 Å². The van der Waals surface area contributed by atoms with Crippen LogP contribution < -0.4 is 14.8 Å². The minimum Gasteiger partial charge on any atom is -0.497 e. The van der Waals surface area contributed by atoms with Gasteiger partial charge in [-0.2, -0.15) is 0 Å². The van der Waals surface area contributed by atoms with Crippen molar-refractivity contribution in [3.8, 4) is 11.5 Å². The molecule has 2 rings (SSSR count). The predicted octanol–water partition coefficient (Wildman–Crippen LogP) is 1.40. The van der Waals surface area contributed by atoms with Crippen molar-refractivity contribution in [2.45, 2.75) is 30.2 Å². The second kappa shape index (κ2) is 6.01. The molecule has 0 aromatic heterocycles. The van der Waals surface area contributed by atoms with Crippen molar-refractivity contribution >= 4 is 9.84 Å². The molecule has 1 aromatic carbocycles. The summed E-state index contributed by atoms with van der Waals surface area (Å²) < 4.78 is 34.4. The van der Waals surface area contributed by atoms with E-state index in [4.69, 9.17) is 9.47 Å². The summed E-state index contributed by atoms with van der Waals surface area (Å²) in [4.78, 5) is 0.187. The molecule has 1 unspecified atom stereocenters. The van der Waals surface area contributed by atoms with Crippen LogP contribution in [0.5, 0.6) is 11.5 Å². The van der Waals surface area contributed by atoms with Crippen molar-refractivity contribution < 1.29 is 17.9 Å². The summed E-state index contributed by atoms with van der Waals surface area (Å²) in [6.45, 7) is 1.01. The van der Waals surface area contributed by atoms with Crippen molar-refractivity contribution in [3.05, 3.63) is 17.7 Å². The first-order chi connectivity index (χ1) is 9.45. The Morgan fingerprint density at radius 2 is 2.05 bits per heavy atom. The fourth-order valence-electron chi connectivity index (χ4n) is 2.60. The zero-order valence-corrected chi connectivity index (χ0v) is 12.9. The SMILES string of the molecule is COc1cc(CC2CCCN2)c(OC)c(S(C)(=O)=O)c1. The van der Waals surface area contributed by atoms with Crippen molar-refractivity contribution in [2.24, 2.45) is 0 Å². The Morgan fingerprint density at radius 3 is 2.55 bits per heavy atom. The van der Waals surface area contributed by atoms with E-state index in [1.807, 2.05) is 6.07 Å². The van der Waals surface area contributed by atoms with E-state index >= 15 is 0 Å². The molecule has 0 radical (unpaired) electrons. The Morgan fingerprint density at radius 1 is 1.30 bits per heavy atom. The first-order valence-electron chi connectivity index (χ1n) is 6.64. The summed E-state index contributed by atoms with van der Waals surface area (Å²) in [6.07, 6.45) is 4.16. The van der Waals surface area contributed by atoms with E-state index in [0.29, 0.717) is 17.5 Å². The van der Waals surface area contributed by atoms with E-state index in [-0.39, 0.29) is 4.90 Å². The van der Waals surface area contributed by atoms with Crippen LogP contribution in [-0.2, 0) is 16.3 Å². The molecule has 0 amide bonds. The molecule has 1 aliphatic heterocycles. The average molecular weight is 299 g/mol. The molecule has 0 saturated carbocycles. The van der Waals surface area contributed by atoms with E-state index in [1.165, 1.54) is 26.5 Å². The zero-order chi connectivity index (χ0) is 14.8. The highest BCUT2D eigenvalue weighted by Gasteiger charge is 2.23. The standard InChI is InChI=1S/C14H21NO4S/c1-18-12-8-10(7-11-5-4-6-15-11)14(19-2)13(9-12)20(3,16)17/h8-9,11,15H,4-7H2,1-3H3. The van der Waals surface area contributed by atoms with Crippen LogP contribution in [0.4, 0.5) is 0 Å². The first-order valence-corrected chi connectivity index (χ1v) is 8.53. The highest BCUT2D eigenvalue weighted by Crippen LogP contribution is 2.34. The molecule has 0 bridgehead atoms. The van der Waals surface area contributed by atoms with Crippen LogP contribution in [-0.4, -0.2) is 41.5 Å². The highest BCUT2D eigenvalue weighted by molar-refractivity contribution is 7.90. The largest absolute Gasteiger partial charge is 0.497 e. The van der Waals surface area contributed by atoms with Crippen molar-refractivity contribution in [1.82, 2.24) is 5.32 Å². The van der Waals surface area contributed by atoms with Crippen LogP contribution in [0.3, 0.4) is 0 Å². The smallest absolute Gasteiger partial charge is 0.179 e. The third-order valence-corrected chi connectivity index (χ3v) is 4.68. The molecule has 1 fully saturated rings. The Kier molecular flexibility index (Phi) is 4.55. The van der Waals surface area contributed by atoms with Crippen LogP contribution in [0.15, 0.2) is 17.0 Å². The Bertz CT molecular complexity index is 577. The molecule has 0 aliphatic carbocycles. The molecule has 0 spiro atoms. The molecule has 112 valence electrons. The Labute approximate surface area is 120 Å². The number of hydrogen-bond donors (Lipinski definition) is 1. The number of rotatable bonds is 5. The van der Waals surface area contributed by atoms with Gasteiger partial charge in [0, 0.05) is 23.9 Å². The van der Waals surface area contributed by atoms with E-state index in [2.05, 4.69) is 5.32 Å². The van der Waals surface area contributed by atoms with Gasteiger partial charge in [-0.15, -0.1) is 0 Å². The monoisotopic (exact) mass is 299 g/mol. The van der Waals surface area contributed by atoms with Gasteiger partial charge < -0.3 is 14.8 Å². The fourth-order valence-corrected chi connectivity index (χ4v) is 3.49. The summed E-state index contributed by atoms with van der Waals surface area (Å²) >= 11 is 0. The predicted molar refractivity (Wildman–Crippen MR) is 77.4 cm³/mol. The number of sulfone groups is 1. The van der Waals surface area contributed by atoms with Gasteiger partial charge in [0.15, 0.2) is 9.84 Å².